The van der Waals surface area contributed by atoms with Gasteiger partial charge in [-0.2, -0.15) is 5.26 Å². The SMILES string of the molecule is CCCOc1cccc(C(O)CC#N)c1. The molecule has 0 aliphatic heterocycles. The predicted molar refractivity (Wildman–Crippen MR) is 57.4 cm³/mol. The molecule has 1 aromatic rings. The lowest BCUT2D eigenvalue weighted by atomic mass is 10.1. The van der Waals surface area contributed by atoms with Crippen molar-refractivity contribution in [3.63, 3.8) is 0 Å². The van der Waals surface area contributed by atoms with Gasteiger partial charge in [0.2, 0.25) is 0 Å². The van der Waals surface area contributed by atoms with Crippen LogP contribution in [0.3, 0.4) is 0 Å². The van der Waals surface area contributed by atoms with E-state index in [4.69, 9.17) is 10.00 Å². The summed E-state index contributed by atoms with van der Waals surface area (Å²) in [6.45, 7) is 2.70. The van der Waals surface area contributed by atoms with Crippen LogP contribution < -0.4 is 4.74 Å². The molecule has 1 N–H and O–H groups in total. The number of hydrogen-bond acceptors (Lipinski definition) is 3. The fraction of sp³-hybridized carbons (Fsp3) is 0.417. The van der Waals surface area contributed by atoms with Crippen molar-refractivity contribution >= 4 is 0 Å². The number of aliphatic hydroxyl groups is 1. The van der Waals surface area contributed by atoms with Crippen LogP contribution in [0.1, 0.15) is 31.4 Å². The highest BCUT2D eigenvalue weighted by Crippen LogP contribution is 2.21. The van der Waals surface area contributed by atoms with E-state index in [0.29, 0.717) is 6.61 Å². The molecule has 0 radical (unpaired) electrons. The summed E-state index contributed by atoms with van der Waals surface area (Å²) >= 11 is 0. The van der Waals surface area contributed by atoms with E-state index in [1.54, 1.807) is 12.1 Å². The molecule has 1 aromatic carbocycles. The number of nitriles is 1. The van der Waals surface area contributed by atoms with E-state index in [9.17, 15) is 5.11 Å². The highest BCUT2D eigenvalue weighted by Gasteiger charge is 2.07. The second-order valence-corrected chi connectivity index (χ2v) is 3.30. The lowest BCUT2D eigenvalue weighted by molar-refractivity contribution is 0.183. The standard InChI is InChI=1S/C12H15NO2/c1-2-8-15-11-5-3-4-10(9-11)12(14)6-7-13/h3-5,9,12,14H,2,6,8H2,1H3. The van der Waals surface area contributed by atoms with Crippen LogP contribution in [0, 0.1) is 11.3 Å². The fourth-order valence-electron chi connectivity index (χ4n) is 1.24. The van der Waals surface area contributed by atoms with Crippen LogP contribution in [0.15, 0.2) is 24.3 Å². The second-order valence-electron chi connectivity index (χ2n) is 3.30. The Bertz CT molecular complexity index is 344. The van der Waals surface area contributed by atoms with Crippen LogP contribution >= 0.6 is 0 Å². The van der Waals surface area contributed by atoms with Gasteiger partial charge in [-0.3, -0.25) is 0 Å². The molecule has 3 nitrogen and oxygen atoms in total. The van der Waals surface area contributed by atoms with E-state index in [1.807, 2.05) is 25.1 Å². The molecule has 3 heteroatoms. The first-order chi connectivity index (χ1) is 7.27. The van der Waals surface area contributed by atoms with Crippen molar-refractivity contribution in [1.82, 2.24) is 0 Å². The molecular weight excluding hydrogens is 190 g/mol. The Morgan fingerprint density at radius 2 is 2.33 bits per heavy atom. The number of hydrogen-bond donors (Lipinski definition) is 1. The number of ether oxygens (including phenoxy) is 1. The van der Waals surface area contributed by atoms with Gasteiger partial charge in [0.25, 0.3) is 0 Å². The quantitative estimate of drug-likeness (QED) is 0.803. The van der Waals surface area contributed by atoms with E-state index in [1.165, 1.54) is 0 Å². The molecule has 0 heterocycles. The summed E-state index contributed by atoms with van der Waals surface area (Å²) in [6.07, 6.45) is 0.336. The minimum atomic E-state index is -0.722. The van der Waals surface area contributed by atoms with Crippen molar-refractivity contribution in [3.05, 3.63) is 29.8 Å². The van der Waals surface area contributed by atoms with Crippen LogP contribution in [-0.4, -0.2) is 11.7 Å². The number of rotatable bonds is 5. The van der Waals surface area contributed by atoms with Crippen molar-refractivity contribution < 1.29 is 9.84 Å². The van der Waals surface area contributed by atoms with Gasteiger partial charge in [-0.25, -0.2) is 0 Å². The van der Waals surface area contributed by atoms with E-state index >= 15 is 0 Å². The van der Waals surface area contributed by atoms with Gasteiger partial charge < -0.3 is 9.84 Å². The summed E-state index contributed by atoms with van der Waals surface area (Å²) in [5, 5.41) is 18.1. The molecule has 0 bridgehead atoms. The van der Waals surface area contributed by atoms with Gasteiger partial charge in [0.1, 0.15) is 5.75 Å². The summed E-state index contributed by atoms with van der Waals surface area (Å²) in [5.74, 6) is 0.742. The molecule has 0 amide bonds. The molecule has 0 saturated carbocycles. The maximum atomic E-state index is 9.59. The normalized spacial score (nSPS) is 11.8. The molecular formula is C12H15NO2. The highest BCUT2D eigenvalue weighted by atomic mass is 16.5. The van der Waals surface area contributed by atoms with Crippen molar-refractivity contribution in [2.24, 2.45) is 0 Å². The maximum absolute atomic E-state index is 9.59. The monoisotopic (exact) mass is 205 g/mol. The Kier molecular flexibility index (Phi) is 4.65. The van der Waals surface area contributed by atoms with Crippen molar-refractivity contribution in [3.8, 4) is 11.8 Å². The van der Waals surface area contributed by atoms with Crippen LogP contribution in [0.4, 0.5) is 0 Å². The molecule has 15 heavy (non-hydrogen) atoms. The first kappa shape index (κ1) is 11.5. The molecule has 80 valence electrons. The zero-order valence-corrected chi connectivity index (χ0v) is 8.81. The molecule has 1 unspecified atom stereocenters. The Labute approximate surface area is 89.9 Å². The Balaban J connectivity index is 2.69. The molecule has 0 spiro atoms. The average molecular weight is 205 g/mol. The van der Waals surface area contributed by atoms with Gasteiger partial charge in [0, 0.05) is 0 Å². The van der Waals surface area contributed by atoms with E-state index in [0.717, 1.165) is 17.7 Å². The smallest absolute Gasteiger partial charge is 0.119 e. The van der Waals surface area contributed by atoms with Gasteiger partial charge in [-0.15, -0.1) is 0 Å². The van der Waals surface area contributed by atoms with Crippen LogP contribution in [0.25, 0.3) is 0 Å². The minimum absolute atomic E-state index is 0.108. The van der Waals surface area contributed by atoms with E-state index in [2.05, 4.69) is 0 Å². The molecule has 0 fully saturated rings. The third kappa shape index (κ3) is 3.61. The third-order valence-corrected chi connectivity index (χ3v) is 2.00. The zero-order valence-electron chi connectivity index (χ0n) is 8.81. The van der Waals surface area contributed by atoms with Gasteiger partial charge in [-0.05, 0) is 24.1 Å². The lowest BCUT2D eigenvalue weighted by Gasteiger charge is -2.09. The number of aliphatic hydroxyl groups excluding tert-OH is 1. The Morgan fingerprint density at radius 3 is 3.00 bits per heavy atom. The van der Waals surface area contributed by atoms with Crippen molar-refractivity contribution in [2.45, 2.75) is 25.9 Å². The summed E-state index contributed by atoms with van der Waals surface area (Å²) < 4.78 is 5.43. The molecule has 1 atom stereocenters. The first-order valence-corrected chi connectivity index (χ1v) is 5.05. The number of benzene rings is 1. The van der Waals surface area contributed by atoms with Gasteiger partial charge >= 0.3 is 0 Å². The summed E-state index contributed by atoms with van der Waals surface area (Å²) in [4.78, 5) is 0. The lowest BCUT2D eigenvalue weighted by Crippen LogP contribution is -1.99. The predicted octanol–water partition coefficient (Wildman–Crippen LogP) is 2.42. The molecule has 0 saturated heterocycles. The Morgan fingerprint density at radius 1 is 1.53 bits per heavy atom. The van der Waals surface area contributed by atoms with Gasteiger partial charge in [0.15, 0.2) is 0 Å². The minimum Gasteiger partial charge on any atom is -0.494 e. The second kappa shape index (κ2) is 6.05. The summed E-state index contributed by atoms with van der Waals surface area (Å²) in [6, 6.07) is 9.17. The van der Waals surface area contributed by atoms with E-state index < -0.39 is 6.10 Å². The molecule has 0 aliphatic carbocycles. The largest absolute Gasteiger partial charge is 0.494 e. The Hall–Kier alpha value is -1.53. The van der Waals surface area contributed by atoms with Gasteiger partial charge in [-0.1, -0.05) is 19.1 Å². The maximum Gasteiger partial charge on any atom is 0.119 e. The average Bonchev–Trinajstić information content (AvgIpc) is 2.27. The van der Waals surface area contributed by atoms with Crippen LogP contribution in [0.2, 0.25) is 0 Å². The highest BCUT2D eigenvalue weighted by molar-refractivity contribution is 5.30. The van der Waals surface area contributed by atoms with Crippen molar-refractivity contribution in [2.75, 3.05) is 6.61 Å². The summed E-state index contributed by atoms with van der Waals surface area (Å²) in [5.41, 5.74) is 0.727. The first-order valence-electron chi connectivity index (χ1n) is 5.05. The third-order valence-electron chi connectivity index (χ3n) is 2.00. The molecule has 0 aromatic heterocycles. The van der Waals surface area contributed by atoms with Crippen LogP contribution in [-0.2, 0) is 0 Å². The van der Waals surface area contributed by atoms with E-state index in [-0.39, 0.29) is 6.42 Å². The molecule has 0 aliphatic rings. The topological polar surface area (TPSA) is 53.2 Å². The zero-order chi connectivity index (χ0) is 11.1. The van der Waals surface area contributed by atoms with Crippen molar-refractivity contribution in [1.29, 1.82) is 5.26 Å². The summed E-state index contributed by atoms with van der Waals surface area (Å²) in [7, 11) is 0. The van der Waals surface area contributed by atoms with Crippen LogP contribution in [0.5, 0.6) is 5.75 Å². The fourth-order valence-corrected chi connectivity index (χ4v) is 1.24. The molecule has 1 rings (SSSR count). The van der Waals surface area contributed by atoms with Gasteiger partial charge in [0.05, 0.1) is 25.2 Å². The number of nitrogens with zero attached hydrogens (tertiary/aromatic N) is 1.